The van der Waals surface area contributed by atoms with E-state index in [9.17, 15) is 9.18 Å². The van der Waals surface area contributed by atoms with Crippen LogP contribution in [0, 0.1) is 12.7 Å². The number of thiazole rings is 1. The maximum Gasteiger partial charge on any atom is 0.293 e. The molecule has 3 rings (SSSR count). The highest BCUT2D eigenvalue weighted by molar-refractivity contribution is 7.14. The van der Waals surface area contributed by atoms with Gasteiger partial charge in [-0.1, -0.05) is 0 Å². The highest BCUT2D eigenvalue weighted by Crippen LogP contribution is 2.28. The van der Waals surface area contributed by atoms with Gasteiger partial charge < -0.3 is 9.15 Å². The first kappa shape index (κ1) is 15.2. The van der Waals surface area contributed by atoms with Crippen LogP contribution in [0.5, 0.6) is 5.75 Å². The summed E-state index contributed by atoms with van der Waals surface area (Å²) in [5.74, 6) is 0.207. The number of methoxy groups -OCH3 is 1. The fraction of sp³-hybridized carbons (Fsp3) is 0.125. The van der Waals surface area contributed by atoms with Gasteiger partial charge in [-0.3, -0.25) is 10.1 Å². The minimum Gasteiger partial charge on any atom is -0.494 e. The SMILES string of the molecule is COc1ccc(-c2csc(NC(=O)c3ccc(C)o3)n2)cc1F. The van der Waals surface area contributed by atoms with Gasteiger partial charge in [0.15, 0.2) is 22.5 Å². The van der Waals surface area contributed by atoms with Crippen LogP contribution in [0.1, 0.15) is 16.3 Å². The molecule has 1 aromatic carbocycles. The molecule has 0 aliphatic carbocycles. The number of rotatable bonds is 4. The van der Waals surface area contributed by atoms with Gasteiger partial charge >= 0.3 is 0 Å². The van der Waals surface area contributed by atoms with E-state index >= 15 is 0 Å². The van der Waals surface area contributed by atoms with Crippen LogP contribution in [0.4, 0.5) is 9.52 Å². The zero-order chi connectivity index (χ0) is 16.4. The van der Waals surface area contributed by atoms with Crippen LogP contribution in [0.15, 0.2) is 40.1 Å². The van der Waals surface area contributed by atoms with Gasteiger partial charge in [0.1, 0.15) is 5.76 Å². The van der Waals surface area contributed by atoms with E-state index in [1.54, 1.807) is 30.5 Å². The molecule has 3 aromatic rings. The van der Waals surface area contributed by atoms with E-state index in [1.165, 1.54) is 30.6 Å². The predicted octanol–water partition coefficient (Wildman–Crippen LogP) is 4.11. The largest absolute Gasteiger partial charge is 0.494 e. The molecule has 5 nitrogen and oxygen atoms in total. The van der Waals surface area contributed by atoms with Crippen molar-refractivity contribution in [1.29, 1.82) is 0 Å². The van der Waals surface area contributed by atoms with E-state index in [2.05, 4.69) is 10.3 Å². The van der Waals surface area contributed by atoms with Crippen molar-refractivity contribution < 1.29 is 18.3 Å². The zero-order valence-corrected chi connectivity index (χ0v) is 13.2. The van der Waals surface area contributed by atoms with Gasteiger partial charge in [0.05, 0.1) is 12.8 Å². The average Bonchev–Trinajstić information content (AvgIpc) is 3.16. The van der Waals surface area contributed by atoms with E-state index in [0.29, 0.717) is 22.1 Å². The third kappa shape index (κ3) is 3.24. The Kier molecular flexibility index (Phi) is 4.12. The van der Waals surface area contributed by atoms with Gasteiger partial charge in [-0.15, -0.1) is 11.3 Å². The van der Waals surface area contributed by atoms with Crippen molar-refractivity contribution >= 4 is 22.4 Å². The number of carbonyl (C=O) groups is 1. The van der Waals surface area contributed by atoms with E-state index in [-0.39, 0.29) is 17.4 Å². The molecule has 0 radical (unpaired) electrons. The summed E-state index contributed by atoms with van der Waals surface area (Å²) in [6.07, 6.45) is 0. The smallest absolute Gasteiger partial charge is 0.293 e. The molecule has 0 saturated carbocycles. The average molecular weight is 332 g/mol. The molecule has 2 aromatic heterocycles. The minimum atomic E-state index is -0.463. The van der Waals surface area contributed by atoms with Crippen molar-refractivity contribution in [1.82, 2.24) is 4.98 Å². The molecule has 0 aliphatic heterocycles. The van der Waals surface area contributed by atoms with E-state index in [0.717, 1.165) is 0 Å². The normalized spacial score (nSPS) is 10.6. The number of hydrogen-bond donors (Lipinski definition) is 1. The highest BCUT2D eigenvalue weighted by atomic mass is 32.1. The van der Waals surface area contributed by atoms with Crippen LogP contribution >= 0.6 is 11.3 Å². The Hall–Kier alpha value is -2.67. The predicted molar refractivity (Wildman–Crippen MR) is 85.5 cm³/mol. The standard InChI is InChI=1S/C16H13FN2O3S/c1-9-3-5-14(22-9)15(20)19-16-18-12(8-23-16)10-4-6-13(21-2)11(17)7-10/h3-8H,1-2H3,(H,18,19,20). The number of anilines is 1. The topological polar surface area (TPSA) is 64.4 Å². The number of amides is 1. The number of nitrogens with zero attached hydrogens (tertiary/aromatic N) is 1. The quantitative estimate of drug-likeness (QED) is 0.781. The number of carbonyl (C=O) groups excluding carboxylic acids is 1. The molecule has 118 valence electrons. The number of hydrogen-bond acceptors (Lipinski definition) is 5. The van der Waals surface area contributed by atoms with Crippen molar-refractivity contribution in [2.45, 2.75) is 6.92 Å². The number of nitrogens with one attached hydrogen (secondary N) is 1. The van der Waals surface area contributed by atoms with Crippen molar-refractivity contribution in [2.24, 2.45) is 0 Å². The van der Waals surface area contributed by atoms with Crippen LogP contribution in [-0.2, 0) is 0 Å². The number of aromatic nitrogens is 1. The van der Waals surface area contributed by atoms with Gasteiger partial charge in [0.25, 0.3) is 5.91 Å². The van der Waals surface area contributed by atoms with Crippen molar-refractivity contribution in [2.75, 3.05) is 12.4 Å². The summed E-state index contributed by atoms with van der Waals surface area (Å²) < 4.78 is 23.9. The van der Waals surface area contributed by atoms with Crippen molar-refractivity contribution in [3.63, 3.8) is 0 Å². The summed E-state index contributed by atoms with van der Waals surface area (Å²) in [7, 11) is 1.41. The van der Waals surface area contributed by atoms with Crippen LogP contribution in [0.2, 0.25) is 0 Å². The van der Waals surface area contributed by atoms with Crippen molar-refractivity contribution in [3.05, 3.63) is 53.0 Å². The Morgan fingerprint density at radius 2 is 2.17 bits per heavy atom. The third-order valence-corrected chi connectivity index (χ3v) is 3.89. The number of halogens is 1. The lowest BCUT2D eigenvalue weighted by Crippen LogP contribution is -2.10. The summed E-state index contributed by atoms with van der Waals surface area (Å²) in [5.41, 5.74) is 1.18. The molecule has 0 bridgehead atoms. The Bertz CT molecular complexity index is 857. The van der Waals surface area contributed by atoms with E-state index in [4.69, 9.17) is 9.15 Å². The molecular weight excluding hydrogens is 319 g/mol. The molecule has 0 saturated heterocycles. The van der Waals surface area contributed by atoms with Gasteiger partial charge in [0.2, 0.25) is 0 Å². The molecule has 2 heterocycles. The highest BCUT2D eigenvalue weighted by Gasteiger charge is 2.13. The Morgan fingerprint density at radius 3 is 2.83 bits per heavy atom. The number of ether oxygens (including phenoxy) is 1. The minimum absolute atomic E-state index is 0.172. The Balaban J connectivity index is 1.78. The Morgan fingerprint density at radius 1 is 1.35 bits per heavy atom. The molecule has 0 unspecified atom stereocenters. The Labute approximate surface area is 135 Å². The molecule has 0 spiro atoms. The summed E-state index contributed by atoms with van der Waals surface area (Å²) in [4.78, 5) is 16.3. The summed E-state index contributed by atoms with van der Waals surface area (Å²) in [5, 5.41) is 4.81. The van der Waals surface area contributed by atoms with Crippen LogP contribution in [-0.4, -0.2) is 18.0 Å². The fourth-order valence-corrected chi connectivity index (χ4v) is 2.72. The maximum atomic E-state index is 13.7. The summed E-state index contributed by atoms with van der Waals surface area (Å²) in [6, 6.07) is 7.89. The van der Waals surface area contributed by atoms with Gasteiger partial charge in [-0.25, -0.2) is 9.37 Å². The summed E-state index contributed by atoms with van der Waals surface area (Å²) in [6.45, 7) is 1.76. The first-order chi connectivity index (χ1) is 11.1. The molecule has 1 N–H and O–H groups in total. The number of aryl methyl sites for hydroxylation is 1. The third-order valence-electron chi connectivity index (χ3n) is 3.14. The first-order valence-corrected chi connectivity index (χ1v) is 7.62. The molecule has 1 amide bonds. The van der Waals surface area contributed by atoms with Gasteiger partial charge in [-0.05, 0) is 37.3 Å². The second-order valence-corrected chi connectivity index (χ2v) is 5.61. The molecular formula is C16H13FN2O3S. The van der Waals surface area contributed by atoms with E-state index < -0.39 is 5.82 Å². The molecule has 0 aliphatic rings. The zero-order valence-electron chi connectivity index (χ0n) is 12.4. The maximum absolute atomic E-state index is 13.7. The molecule has 7 heteroatoms. The van der Waals surface area contributed by atoms with Crippen LogP contribution in [0.3, 0.4) is 0 Å². The first-order valence-electron chi connectivity index (χ1n) is 6.74. The second kappa shape index (κ2) is 6.21. The lowest BCUT2D eigenvalue weighted by molar-refractivity contribution is 0.0995. The lowest BCUT2D eigenvalue weighted by atomic mass is 10.1. The van der Waals surface area contributed by atoms with Gasteiger partial charge in [0, 0.05) is 10.9 Å². The fourth-order valence-electron chi connectivity index (χ4n) is 2.00. The number of benzene rings is 1. The molecule has 0 fully saturated rings. The van der Waals surface area contributed by atoms with Crippen molar-refractivity contribution in [3.8, 4) is 17.0 Å². The lowest BCUT2D eigenvalue weighted by Gasteiger charge is -2.03. The van der Waals surface area contributed by atoms with E-state index in [1.807, 2.05) is 0 Å². The summed E-state index contributed by atoms with van der Waals surface area (Å²) >= 11 is 1.25. The van der Waals surface area contributed by atoms with Crippen LogP contribution in [0.25, 0.3) is 11.3 Å². The second-order valence-electron chi connectivity index (χ2n) is 4.75. The number of furan rings is 1. The molecule has 0 atom stereocenters. The van der Waals surface area contributed by atoms with Gasteiger partial charge in [-0.2, -0.15) is 0 Å². The monoisotopic (exact) mass is 332 g/mol. The van der Waals surface area contributed by atoms with Crippen LogP contribution < -0.4 is 10.1 Å². The molecule has 23 heavy (non-hydrogen) atoms.